The summed E-state index contributed by atoms with van der Waals surface area (Å²) in [5.41, 5.74) is 0.960. The number of fused-ring (bicyclic) bond motifs is 1. The second kappa shape index (κ2) is 7.92. The molecule has 1 fully saturated rings. The molecule has 8 nitrogen and oxygen atoms in total. The lowest BCUT2D eigenvalue weighted by Gasteiger charge is -2.31. The van der Waals surface area contributed by atoms with Gasteiger partial charge in [-0.3, -0.25) is 0 Å². The molecule has 0 aliphatic carbocycles. The van der Waals surface area contributed by atoms with Crippen molar-refractivity contribution >= 4 is 10.0 Å². The lowest BCUT2D eigenvalue weighted by molar-refractivity contribution is 0.169. The van der Waals surface area contributed by atoms with Gasteiger partial charge in [0.2, 0.25) is 10.0 Å². The first kappa shape index (κ1) is 18.9. The van der Waals surface area contributed by atoms with Crippen LogP contribution in [0.25, 0.3) is 0 Å². The van der Waals surface area contributed by atoms with Gasteiger partial charge in [0.1, 0.15) is 13.2 Å². The summed E-state index contributed by atoms with van der Waals surface area (Å²) in [4.78, 5) is 8.48. The number of aromatic nitrogens is 2. The summed E-state index contributed by atoms with van der Waals surface area (Å²) in [5.74, 6) is 1.14. The summed E-state index contributed by atoms with van der Waals surface area (Å²) >= 11 is 0. The fourth-order valence-corrected chi connectivity index (χ4v) is 4.93. The van der Waals surface area contributed by atoms with Crippen LogP contribution in [-0.4, -0.2) is 55.6 Å². The van der Waals surface area contributed by atoms with E-state index in [4.69, 9.17) is 14.2 Å². The van der Waals surface area contributed by atoms with Gasteiger partial charge in [-0.25, -0.2) is 18.4 Å². The smallest absolute Gasteiger partial charge is 0.316 e. The third kappa shape index (κ3) is 4.05. The van der Waals surface area contributed by atoms with Crippen molar-refractivity contribution in [1.82, 2.24) is 14.3 Å². The number of hydrogen-bond donors (Lipinski definition) is 0. The number of piperidine rings is 1. The number of nitrogens with zero attached hydrogens (tertiary/aromatic N) is 3. The standard InChI is InChI=1S/C19H23N3O5S/c1-14-10-20-19(21-11-14)27-13-15-3-2-6-22(12-15)28(23,24)16-4-5-17-18(9-16)26-8-7-25-17/h4-5,9-11,15H,2-3,6-8,12-13H2,1H3. The van der Waals surface area contributed by atoms with Gasteiger partial charge in [0, 0.05) is 37.5 Å². The van der Waals surface area contributed by atoms with Crippen LogP contribution >= 0.6 is 0 Å². The Morgan fingerprint density at radius 3 is 2.71 bits per heavy atom. The van der Waals surface area contributed by atoms with Gasteiger partial charge in [-0.2, -0.15) is 4.31 Å². The fourth-order valence-electron chi connectivity index (χ4n) is 3.36. The molecule has 9 heteroatoms. The van der Waals surface area contributed by atoms with Crippen LogP contribution in [0, 0.1) is 12.8 Å². The van der Waals surface area contributed by atoms with Crippen molar-refractivity contribution in [2.75, 3.05) is 32.9 Å². The van der Waals surface area contributed by atoms with Crippen molar-refractivity contribution in [2.24, 2.45) is 5.92 Å². The zero-order valence-electron chi connectivity index (χ0n) is 15.7. The highest BCUT2D eigenvalue weighted by Gasteiger charge is 2.31. The Morgan fingerprint density at radius 2 is 1.93 bits per heavy atom. The predicted octanol–water partition coefficient (Wildman–Crippen LogP) is 2.04. The molecule has 1 unspecified atom stereocenters. The lowest BCUT2D eigenvalue weighted by atomic mass is 10.0. The van der Waals surface area contributed by atoms with Gasteiger partial charge >= 0.3 is 6.01 Å². The second-order valence-corrected chi connectivity index (χ2v) is 8.97. The number of hydrogen-bond acceptors (Lipinski definition) is 7. The number of rotatable bonds is 5. The third-order valence-electron chi connectivity index (χ3n) is 4.84. The van der Waals surface area contributed by atoms with Crippen molar-refractivity contribution in [3.63, 3.8) is 0 Å². The average molecular weight is 405 g/mol. The van der Waals surface area contributed by atoms with E-state index >= 15 is 0 Å². The molecule has 1 aromatic heterocycles. The molecule has 4 rings (SSSR count). The minimum atomic E-state index is -3.61. The number of benzene rings is 1. The monoisotopic (exact) mass is 405 g/mol. The van der Waals surface area contributed by atoms with Gasteiger partial charge in [0.05, 0.1) is 11.5 Å². The molecular weight excluding hydrogens is 382 g/mol. The third-order valence-corrected chi connectivity index (χ3v) is 6.70. The molecule has 1 saturated heterocycles. The maximum absolute atomic E-state index is 13.1. The first-order valence-corrected chi connectivity index (χ1v) is 10.8. The highest BCUT2D eigenvalue weighted by molar-refractivity contribution is 7.89. The van der Waals surface area contributed by atoms with Gasteiger partial charge < -0.3 is 14.2 Å². The highest BCUT2D eigenvalue weighted by atomic mass is 32.2. The Morgan fingerprint density at radius 1 is 1.18 bits per heavy atom. The van der Waals surface area contributed by atoms with Crippen LogP contribution in [0.2, 0.25) is 0 Å². The Kier molecular flexibility index (Phi) is 5.36. The molecular formula is C19H23N3O5S. The van der Waals surface area contributed by atoms with Gasteiger partial charge in [-0.15, -0.1) is 0 Å². The van der Waals surface area contributed by atoms with E-state index in [9.17, 15) is 8.42 Å². The minimum Gasteiger partial charge on any atom is -0.486 e. The number of aryl methyl sites for hydroxylation is 1. The van der Waals surface area contributed by atoms with E-state index in [1.165, 1.54) is 4.31 Å². The molecule has 28 heavy (non-hydrogen) atoms. The lowest BCUT2D eigenvalue weighted by Crippen LogP contribution is -2.41. The van der Waals surface area contributed by atoms with E-state index in [-0.39, 0.29) is 10.8 Å². The van der Waals surface area contributed by atoms with Gasteiger partial charge in [-0.1, -0.05) is 0 Å². The first-order chi connectivity index (χ1) is 13.5. The molecule has 0 radical (unpaired) electrons. The summed E-state index contributed by atoms with van der Waals surface area (Å²) in [5, 5.41) is 0. The largest absolute Gasteiger partial charge is 0.486 e. The number of sulfonamides is 1. The Labute approximate surface area is 164 Å². The van der Waals surface area contributed by atoms with Gasteiger partial charge in [-0.05, 0) is 37.5 Å². The van der Waals surface area contributed by atoms with E-state index in [1.54, 1.807) is 30.6 Å². The van der Waals surface area contributed by atoms with Crippen LogP contribution in [0.15, 0.2) is 35.5 Å². The molecule has 0 bridgehead atoms. The van der Waals surface area contributed by atoms with E-state index in [0.29, 0.717) is 50.4 Å². The molecule has 1 atom stereocenters. The van der Waals surface area contributed by atoms with Crippen LogP contribution in [0.5, 0.6) is 17.5 Å². The molecule has 0 saturated carbocycles. The Hall–Kier alpha value is -2.39. The minimum absolute atomic E-state index is 0.0886. The van der Waals surface area contributed by atoms with Crippen molar-refractivity contribution in [3.8, 4) is 17.5 Å². The Bertz CT molecular complexity index is 933. The summed E-state index contributed by atoms with van der Waals surface area (Å²) in [6, 6.07) is 5.09. The molecule has 1 aromatic carbocycles. The van der Waals surface area contributed by atoms with E-state index in [0.717, 1.165) is 18.4 Å². The molecule has 2 aliphatic heterocycles. The average Bonchev–Trinajstić information content (AvgIpc) is 2.73. The zero-order valence-corrected chi connectivity index (χ0v) is 16.5. The van der Waals surface area contributed by atoms with Crippen LogP contribution < -0.4 is 14.2 Å². The van der Waals surface area contributed by atoms with Crippen LogP contribution in [-0.2, 0) is 10.0 Å². The van der Waals surface area contributed by atoms with Gasteiger partial charge in [0.15, 0.2) is 11.5 Å². The second-order valence-electron chi connectivity index (χ2n) is 7.03. The molecule has 0 amide bonds. The summed E-state index contributed by atoms with van der Waals surface area (Å²) < 4.78 is 44.4. The maximum atomic E-state index is 13.1. The van der Waals surface area contributed by atoms with Crippen LogP contribution in [0.3, 0.4) is 0 Å². The SMILES string of the molecule is Cc1cnc(OCC2CCCN(S(=O)(=O)c3ccc4c(c3)OCCO4)C2)nc1. The summed E-state index contributed by atoms with van der Waals surface area (Å²) in [6.07, 6.45) is 5.08. The zero-order chi connectivity index (χ0) is 19.6. The first-order valence-electron chi connectivity index (χ1n) is 9.33. The van der Waals surface area contributed by atoms with E-state index in [1.807, 2.05) is 6.92 Å². The molecule has 150 valence electrons. The maximum Gasteiger partial charge on any atom is 0.316 e. The highest BCUT2D eigenvalue weighted by Crippen LogP contribution is 2.34. The van der Waals surface area contributed by atoms with Gasteiger partial charge in [0.25, 0.3) is 0 Å². The van der Waals surface area contributed by atoms with E-state index in [2.05, 4.69) is 9.97 Å². The van der Waals surface area contributed by atoms with Crippen LogP contribution in [0.4, 0.5) is 0 Å². The predicted molar refractivity (Wildman–Crippen MR) is 101 cm³/mol. The topological polar surface area (TPSA) is 90.9 Å². The van der Waals surface area contributed by atoms with Crippen molar-refractivity contribution in [1.29, 1.82) is 0 Å². The quantitative estimate of drug-likeness (QED) is 0.752. The van der Waals surface area contributed by atoms with Crippen molar-refractivity contribution in [3.05, 3.63) is 36.2 Å². The van der Waals surface area contributed by atoms with Crippen LogP contribution in [0.1, 0.15) is 18.4 Å². The molecule has 3 heterocycles. The molecule has 2 aliphatic rings. The molecule has 0 spiro atoms. The summed E-state index contributed by atoms with van der Waals surface area (Å²) in [6.45, 7) is 4.08. The normalized spacial score (nSPS) is 20.0. The Balaban J connectivity index is 1.43. The number of ether oxygens (including phenoxy) is 3. The molecule has 2 aromatic rings. The fraction of sp³-hybridized carbons (Fsp3) is 0.474. The van der Waals surface area contributed by atoms with Crippen molar-refractivity contribution < 1.29 is 22.6 Å². The van der Waals surface area contributed by atoms with E-state index < -0.39 is 10.0 Å². The molecule has 0 N–H and O–H groups in total. The van der Waals surface area contributed by atoms with Crippen molar-refractivity contribution in [2.45, 2.75) is 24.7 Å². The summed E-state index contributed by atoms with van der Waals surface area (Å²) in [7, 11) is -3.61.